The summed E-state index contributed by atoms with van der Waals surface area (Å²) in [6, 6.07) is -0.00772. The van der Waals surface area contributed by atoms with E-state index in [0.29, 0.717) is 13.2 Å². The number of hydrogen-bond donors (Lipinski definition) is 0. The molecule has 6 nitrogen and oxygen atoms in total. The number of ether oxygens (including phenoxy) is 1. The lowest BCUT2D eigenvalue weighted by atomic mass is 10.2. The topological polar surface area (TPSA) is 66.9 Å². The zero-order valence-corrected chi connectivity index (χ0v) is 11.5. The summed E-state index contributed by atoms with van der Waals surface area (Å²) < 4.78 is 28.9. The van der Waals surface area contributed by atoms with Gasteiger partial charge in [-0.1, -0.05) is 0 Å². The van der Waals surface area contributed by atoms with Crippen molar-refractivity contribution in [1.29, 1.82) is 0 Å². The Morgan fingerprint density at radius 2 is 2.06 bits per heavy atom. The Morgan fingerprint density at radius 1 is 1.47 bits per heavy atom. The Hall–Kier alpha value is -0.660. The van der Waals surface area contributed by atoms with Crippen LogP contribution in [0.2, 0.25) is 0 Å². The van der Waals surface area contributed by atoms with Gasteiger partial charge in [-0.3, -0.25) is 4.79 Å². The molecule has 0 aromatic heterocycles. The first-order chi connectivity index (χ1) is 7.71. The number of carbonyl (C=O) groups is 1. The molecule has 1 aliphatic rings. The minimum absolute atomic E-state index is 0.00121. The maximum absolute atomic E-state index is 12.0. The van der Waals surface area contributed by atoms with Crippen molar-refractivity contribution in [2.75, 3.05) is 33.0 Å². The van der Waals surface area contributed by atoms with E-state index in [1.807, 2.05) is 13.8 Å². The van der Waals surface area contributed by atoms with Crippen molar-refractivity contribution in [1.82, 2.24) is 9.21 Å². The van der Waals surface area contributed by atoms with E-state index in [4.69, 9.17) is 4.74 Å². The van der Waals surface area contributed by atoms with E-state index in [-0.39, 0.29) is 24.6 Å². The first kappa shape index (κ1) is 14.4. The zero-order valence-electron chi connectivity index (χ0n) is 10.7. The largest absolute Gasteiger partial charge is 0.375 e. The zero-order chi connectivity index (χ0) is 13.2. The van der Waals surface area contributed by atoms with Gasteiger partial charge in [0, 0.05) is 13.6 Å². The molecule has 1 heterocycles. The van der Waals surface area contributed by atoms with E-state index < -0.39 is 10.0 Å². The lowest BCUT2D eigenvalue weighted by Crippen LogP contribution is -2.53. The number of morpholine rings is 1. The molecule has 2 atom stereocenters. The molecule has 1 amide bonds. The molecule has 0 bridgehead atoms. The third-order valence-electron chi connectivity index (χ3n) is 2.85. The second-order valence-electron chi connectivity index (χ2n) is 4.56. The summed E-state index contributed by atoms with van der Waals surface area (Å²) in [6.45, 7) is 4.68. The highest BCUT2D eigenvalue weighted by Gasteiger charge is 2.29. The fourth-order valence-corrected chi connectivity index (χ4v) is 1.99. The van der Waals surface area contributed by atoms with Gasteiger partial charge in [-0.05, 0) is 13.8 Å². The van der Waals surface area contributed by atoms with Crippen molar-refractivity contribution < 1.29 is 17.9 Å². The van der Waals surface area contributed by atoms with Gasteiger partial charge in [-0.2, -0.15) is 4.31 Å². The summed E-state index contributed by atoms with van der Waals surface area (Å²) >= 11 is 0. The Kier molecular flexibility index (Phi) is 4.51. The van der Waals surface area contributed by atoms with Crippen LogP contribution in [0.15, 0.2) is 0 Å². The van der Waals surface area contributed by atoms with Crippen molar-refractivity contribution >= 4 is 15.9 Å². The second-order valence-corrected chi connectivity index (χ2v) is 6.65. The first-order valence-corrected chi connectivity index (χ1v) is 7.39. The molecular formula is C10H20N2O4S. The fourth-order valence-electron chi connectivity index (χ4n) is 1.65. The van der Waals surface area contributed by atoms with Gasteiger partial charge in [-0.15, -0.1) is 0 Å². The first-order valence-electron chi connectivity index (χ1n) is 5.54. The molecule has 0 aromatic carbocycles. The van der Waals surface area contributed by atoms with Crippen LogP contribution in [-0.2, 0) is 19.6 Å². The van der Waals surface area contributed by atoms with Crippen molar-refractivity contribution in [2.45, 2.75) is 26.0 Å². The Morgan fingerprint density at radius 3 is 2.59 bits per heavy atom. The van der Waals surface area contributed by atoms with Crippen molar-refractivity contribution in [3.8, 4) is 0 Å². The molecule has 1 saturated heterocycles. The van der Waals surface area contributed by atoms with Crippen molar-refractivity contribution in [3.63, 3.8) is 0 Å². The second kappa shape index (κ2) is 5.32. The van der Waals surface area contributed by atoms with Crippen LogP contribution in [0, 0.1) is 0 Å². The third-order valence-corrected chi connectivity index (χ3v) is 4.11. The standard InChI is InChI=1S/C10H20N2O4S/c1-8-7-16-9(2)5-12(8)10(13)6-11(3)17(4,14)15/h8-9H,5-7H2,1-4H3. The van der Waals surface area contributed by atoms with Gasteiger partial charge >= 0.3 is 0 Å². The van der Waals surface area contributed by atoms with Gasteiger partial charge in [0.15, 0.2) is 0 Å². The van der Waals surface area contributed by atoms with Crippen LogP contribution < -0.4 is 0 Å². The quantitative estimate of drug-likeness (QED) is 0.690. The summed E-state index contributed by atoms with van der Waals surface area (Å²) in [5.41, 5.74) is 0. The highest BCUT2D eigenvalue weighted by atomic mass is 32.2. The molecule has 0 aliphatic carbocycles. The number of carbonyl (C=O) groups excluding carboxylic acids is 1. The molecule has 2 unspecified atom stereocenters. The van der Waals surface area contributed by atoms with Gasteiger partial charge in [0.2, 0.25) is 15.9 Å². The highest BCUT2D eigenvalue weighted by Crippen LogP contribution is 2.12. The molecule has 7 heteroatoms. The van der Waals surface area contributed by atoms with Crippen LogP contribution in [0.5, 0.6) is 0 Å². The number of hydrogen-bond acceptors (Lipinski definition) is 4. The maximum atomic E-state index is 12.0. The fraction of sp³-hybridized carbons (Fsp3) is 0.900. The lowest BCUT2D eigenvalue weighted by molar-refractivity contribution is -0.143. The van der Waals surface area contributed by atoms with Gasteiger partial charge in [0.1, 0.15) is 0 Å². The summed E-state index contributed by atoms with van der Waals surface area (Å²) in [7, 11) is -1.91. The molecule has 100 valence electrons. The number of rotatable bonds is 3. The number of likely N-dealkylation sites (N-methyl/N-ethyl adjacent to an activating group) is 1. The van der Waals surface area contributed by atoms with E-state index in [1.54, 1.807) is 4.90 Å². The van der Waals surface area contributed by atoms with E-state index in [0.717, 1.165) is 10.6 Å². The lowest BCUT2D eigenvalue weighted by Gasteiger charge is -2.37. The maximum Gasteiger partial charge on any atom is 0.238 e. The smallest absolute Gasteiger partial charge is 0.238 e. The Balaban J connectivity index is 2.63. The van der Waals surface area contributed by atoms with E-state index >= 15 is 0 Å². The highest BCUT2D eigenvalue weighted by molar-refractivity contribution is 7.88. The monoisotopic (exact) mass is 264 g/mol. The summed E-state index contributed by atoms with van der Waals surface area (Å²) in [6.07, 6.45) is 1.09. The van der Waals surface area contributed by atoms with Crippen molar-refractivity contribution in [3.05, 3.63) is 0 Å². The Bertz CT molecular complexity index is 382. The Labute approximate surface area is 103 Å². The van der Waals surface area contributed by atoms with Gasteiger partial charge < -0.3 is 9.64 Å². The number of nitrogens with zero attached hydrogens (tertiary/aromatic N) is 2. The predicted molar refractivity (Wildman–Crippen MR) is 64.1 cm³/mol. The number of amides is 1. The molecule has 17 heavy (non-hydrogen) atoms. The molecule has 0 aromatic rings. The molecule has 1 rings (SSSR count). The van der Waals surface area contributed by atoms with Crippen LogP contribution in [0.25, 0.3) is 0 Å². The molecule has 0 radical (unpaired) electrons. The number of sulfonamides is 1. The van der Waals surface area contributed by atoms with Gasteiger partial charge in [0.25, 0.3) is 0 Å². The predicted octanol–water partition coefficient (Wildman–Crippen LogP) is -0.486. The van der Waals surface area contributed by atoms with E-state index in [2.05, 4.69) is 0 Å². The van der Waals surface area contributed by atoms with Crippen LogP contribution in [0.3, 0.4) is 0 Å². The molecule has 0 N–H and O–H groups in total. The molecule has 1 fully saturated rings. The van der Waals surface area contributed by atoms with Crippen LogP contribution >= 0.6 is 0 Å². The SMILES string of the molecule is CC1CN(C(=O)CN(C)S(C)(=O)=O)C(C)CO1. The average Bonchev–Trinajstić information content (AvgIpc) is 2.20. The minimum atomic E-state index is -3.31. The van der Waals surface area contributed by atoms with Crippen LogP contribution in [0.1, 0.15) is 13.8 Å². The summed E-state index contributed by atoms with van der Waals surface area (Å²) in [5.74, 6) is -0.180. The summed E-state index contributed by atoms with van der Waals surface area (Å²) in [5, 5.41) is 0. The molecule has 1 aliphatic heterocycles. The normalized spacial score (nSPS) is 26.3. The van der Waals surface area contributed by atoms with Gasteiger partial charge in [-0.25, -0.2) is 8.42 Å². The molecule has 0 saturated carbocycles. The molecule has 0 spiro atoms. The van der Waals surface area contributed by atoms with E-state index in [9.17, 15) is 13.2 Å². The van der Waals surface area contributed by atoms with Crippen LogP contribution in [-0.4, -0.2) is 68.7 Å². The molecular weight excluding hydrogens is 244 g/mol. The third kappa shape index (κ3) is 3.93. The van der Waals surface area contributed by atoms with E-state index in [1.165, 1.54) is 7.05 Å². The minimum Gasteiger partial charge on any atom is -0.375 e. The average molecular weight is 264 g/mol. The summed E-state index contributed by atoms with van der Waals surface area (Å²) in [4.78, 5) is 13.7. The van der Waals surface area contributed by atoms with Gasteiger partial charge in [0.05, 0.1) is 31.6 Å². The van der Waals surface area contributed by atoms with Crippen molar-refractivity contribution in [2.24, 2.45) is 0 Å². The van der Waals surface area contributed by atoms with Crippen LogP contribution in [0.4, 0.5) is 0 Å².